The smallest absolute Gasteiger partial charge is 0.263 e. The molecule has 9 heavy (non-hydrogen) atoms. The summed E-state index contributed by atoms with van der Waals surface area (Å²) >= 11 is 3.47. The molecule has 0 saturated heterocycles. The van der Waals surface area contributed by atoms with Crippen molar-refractivity contribution in [3.63, 3.8) is 0 Å². The average molecular weight is 173 g/mol. The molecule has 0 aliphatic carbocycles. The number of hydrogen-bond donors (Lipinski definition) is 5. The van der Waals surface area contributed by atoms with E-state index in [0.29, 0.717) is 0 Å². The minimum Gasteiger partial charge on any atom is -0.370 e. The first-order chi connectivity index (χ1) is 3.73. The molecule has 0 aliphatic heterocycles. The maximum atomic E-state index is 9.11. The summed E-state index contributed by atoms with van der Waals surface area (Å²) in [6.07, 6.45) is 0. The van der Waals surface area contributed by atoms with E-state index in [-0.39, 0.29) is 5.96 Å². The Hall–Kier alpha value is -0.440. The molecule has 0 spiro atoms. The molecule has 0 unspecified atom stereocenters. The maximum absolute atomic E-state index is 9.11. The van der Waals surface area contributed by atoms with E-state index in [1.807, 2.05) is 0 Å². The third-order valence-corrected chi connectivity index (χ3v) is 0. The molecule has 0 radical (unpaired) electrons. The van der Waals surface area contributed by atoms with Crippen molar-refractivity contribution in [3.05, 3.63) is 0 Å². The molecule has 0 heterocycles. The van der Waals surface area contributed by atoms with Gasteiger partial charge in [-0.1, -0.05) is 0 Å². The van der Waals surface area contributed by atoms with Crippen LogP contribution in [0.15, 0.2) is 0 Å². The standard InChI is InChI=1S/CH5N3.H2O3S2/c2-1(3)4;1-5(2,3)4/h(H5,2,3,4);(H2,1,2,3,4). The first-order valence-electron chi connectivity index (χ1n) is 1.53. The van der Waals surface area contributed by atoms with E-state index < -0.39 is 9.05 Å². The van der Waals surface area contributed by atoms with Gasteiger partial charge in [0, 0.05) is 11.2 Å². The van der Waals surface area contributed by atoms with E-state index in [4.69, 9.17) is 18.7 Å². The van der Waals surface area contributed by atoms with E-state index in [0.717, 1.165) is 0 Å². The van der Waals surface area contributed by atoms with Crippen molar-refractivity contribution < 1.29 is 13.3 Å². The van der Waals surface area contributed by atoms with Crippen LogP contribution in [0.3, 0.4) is 0 Å². The number of nitrogens with one attached hydrogen (secondary N) is 1. The molecule has 56 valence electrons. The summed E-state index contributed by atoms with van der Waals surface area (Å²) in [7, 11) is -3.83. The molecule has 0 aliphatic rings. The molecule has 0 bridgehead atoms. The minimum absolute atomic E-state index is 0.333. The maximum Gasteiger partial charge on any atom is 0.263 e. The van der Waals surface area contributed by atoms with Gasteiger partial charge in [-0.05, 0) is 0 Å². The summed E-state index contributed by atoms with van der Waals surface area (Å²) in [6, 6.07) is 0. The van der Waals surface area contributed by atoms with Gasteiger partial charge >= 0.3 is 0 Å². The summed E-state index contributed by atoms with van der Waals surface area (Å²) < 4.78 is 24.0. The zero-order valence-electron chi connectivity index (χ0n) is 4.27. The lowest BCUT2D eigenvalue weighted by molar-refractivity contribution is 0.450. The lowest BCUT2D eigenvalue weighted by Crippen LogP contribution is -2.20. The Kier molecular flexibility index (Phi) is 5.61. The number of nitrogens with two attached hydrogens (primary N) is 2. The molecule has 0 rings (SSSR count). The van der Waals surface area contributed by atoms with Crippen molar-refractivity contribution in [1.29, 1.82) is 5.41 Å². The third-order valence-electron chi connectivity index (χ3n) is 0. The Morgan fingerprint density at radius 3 is 1.56 bits per heavy atom. The van der Waals surface area contributed by atoms with E-state index in [2.05, 4.69) is 22.7 Å². The van der Waals surface area contributed by atoms with Gasteiger partial charge in [0.25, 0.3) is 9.05 Å². The van der Waals surface area contributed by atoms with Crippen LogP contribution in [0.1, 0.15) is 0 Å². The van der Waals surface area contributed by atoms with Crippen molar-refractivity contribution in [3.8, 4) is 0 Å². The Bertz CT molecular complexity index is 159. The van der Waals surface area contributed by atoms with Gasteiger partial charge in [0.1, 0.15) is 0 Å². The van der Waals surface area contributed by atoms with Crippen LogP contribution in [0, 0.1) is 5.41 Å². The fourth-order valence-electron chi connectivity index (χ4n) is 0. The highest BCUT2D eigenvalue weighted by Crippen LogP contribution is 1.62. The molecule has 8 heteroatoms. The van der Waals surface area contributed by atoms with Crippen molar-refractivity contribution in [2.24, 2.45) is 11.5 Å². The van der Waals surface area contributed by atoms with Crippen molar-refractivity contribution in [1.82, 2.24) is 0 Å². The van der Waals surface area contributed by atoms with Gasteiger partial charge in [-0.2, -0.15) is 4.21 Å². The quantitative estimate of drug-likeness (QED) is 0.224. The number of rotatable bonds is 0. The summed E-state index contributed by atoms with van der Waals surface area (Å²) in [6.45, 7) is 0. The molecule has 0 amide bonds. The third kappa shape index (κ3) is 1210. The van der Waals surface area contributed by atoms with Gasteiger partial charge in [-0.3, -0.25) is 14.5 Å². The van der Waals surface area contributed by atoms with Crippen molar-refractivity contribution in [2.75, 3.05) is 0 Å². The highest BCUT2D eigenvalue weighted by molar-refractivity contribution is 8.26. The highest BCUT2D eigenvalue weighted by atomic mass is 32.9. The van der Waals surface area contributed by atoms with E-state index >= 15 is 0 Å². The van der Waals surface area contributed by atoms with Crippen LogP contribution in [-0.4, -0.2) is 19.3 Å². The molecule has 0 atom stereocenters. The van der Waals surface area contributed by atoms with Gasteiger partial charge in [0.15, 0.2) is 5.96 Å². The number of hydrogen-bond acceptors (Lipinski definition) is 3. The molecule has 0 aromatic carbocycles. The van der Waals surface area contributed by atoms with Gasteiger partial charge < -0.3 is 11.5 Å². The fourth-order valence-corrected chi connectivity index (χ4v) is 0. The first kappa shape index (κ1) is 11.4. The van der Waals surface area contributed by atoms with E-state index in [1.165, 1.54) is 0 Å². The molecule has 0 fully saturated rings. The Labute approximate surface area is 57.1 Å². The van der Waals surface area contributed by atoms with Crippen molar-refractivity contribution >= 4 is 26.2 Å². The predicted molar refractivity (Wildman–Crippen MR) is 36.9 cm³/mol. The minimum atomic E-state index is -3.83. The van der Waals surface area contributed by atoms with Crippen LogP contribution in [0.4, 0.5) is 0 Å². The zero-order valence-corrected chi connectivity index (χ0v) is 5.91. The average Bonchev–Trinajstić information content (AvgIpc) is 1.19. The van der Waals surface area contributed by atoms with Gasteiger partial charge in [-0.15, -0.1) is 0 Å². The second-order valence-corrected chi connectivity index (χ2v) is 3.10. The van der Waals surface area contributed by atoms with Crippen LogP contribution in [0.5, 0.6) is 0 Å². The summed E-state index contributed by atoms with van der Waals surface area (Å²) in [5.41, 5.74) is 8.94. The molecular formula is CH7N3O3S2. The second-order valence-electron chi connectivity index (χ2n) is 0.903. The Balaban J connectivity index is 0. The Morgan fingerprint density at radius 1 is 1.56 bits per heavy atom. The molecule has 6 nitrogen and oxygen atoms in total. The number of guanidine groups is 1. The SMILES string of the molecule is N=C(N)N.O=S(O)(O)=S. The van der Waals surface area contributed by atoms with Crippen LogP contribution in [0.2, 0.25) is 0 Å². The molecule has 0 aromatic rings. The largest absolute Gasteiger partial charge is 0.370 e. The summed E-state index contributed by atoms with van der Waals surface area (Å²) in [5, 5.41) is 6.06. The summed E-state index contributed by atoms with van der Waals surface area (Å²) in [4.78, 5) is 0. The van der Waals surface area contributed by atoms with Gasteiger partial charge in [0.2, 0.25) is 0 Å². The lowest BCUT2D eigenvalue weighted by atomic mass is 11.1. The van der Waals surface area contributed by atoms with E-state index in [9.17, 15) is 0 Å². The molecule has 0 saturated carbocycles. The molecule has 7 N–H and O–H groups in total. The lowest BCUT2D eigenvalue weighted by Gasteiger charge is -1.73. The normalized spacial score (nSPS) is 9.11. The van der Waals surface area contributed by atoms with Gasteiger partial charge in [0.05, 0.1) is 0 Å². The topological polar surface area (TPSA) is 133 Å². The first-order valence-corrected chi connectivity index (χ1v) is 3.92. The monoisotopic (exact) mass is 173 g/mol. The van der Waals surface area contributed by atoms with E-state index in [1.54, 1.807) is 0 Å². The highest BCUT2D eigenvalue weighted by Gasteiger charge is 1.78. The Morgan fingerprint density at radius 2 is 1.56 bits per heavy atom. The van der Waals surface area contributed by atoms with Crippen LogP contribution < -0.4 is 11.5 Å². The summed E-state index contributed by atoms with van der Waals surface area (Å²) in [5.74, 6) is -0.333. The zero-order chi connectivity index (χ0) is 8.08. The molecule has 0 aromatic heterocycles. The fraction of sp³-hybridized carbons (Fsp3) is 0. The van der Waals surface area contributed by atoms with Crippen LogP contribution in [-0.2, 0) is 20.2 Å². The van der Waals surface area contributed by atoms with Crippen LogP contribution in [0.25, 0.3) is 0 Å². The van der Waals surface area contributed by atoms with Crippen molar-refractivity contribution in [2.45, 2.75) is 0 Å². The predicted octanol–water partition coefficient (Wildman–Crippen LogP) is -1.48. The van der Waals surface area contributed by atoms with Gasteiger partial charge in [-0.25, -0.2) is 0 Å². The molecular weight excluding hydrogens is 166 g/mol. The van der Waals surface area contributed by atoms with Crippen LogP contribution >= 0.6 is 0 Å². The second kappa shape index (κ2) is 4.44.